The normalized spacial score (nSPS) is 14.2. The molecule has 1 amide bonds. The van der Waals surface area contributed by atoms with Crippen molar-refractivity contribution in [3.05, 3.63) is 83.4 Å². The van der Waals surface area contributed by atoms with Gasteiger partial charge in [0.25, 0.3) is 5.91 Å². The maximum absolute atomic E-state index is 13.4. The number of methoxy groups -OCH3 is 1. The molecular weight excluding hydrogens is 489 g/mol. The first kappa shape index (κ1) is 23.9. The predicted octanol–water partition coefficient (Wildman–Crippen LogP) is 5.59. The minimum atomic E-state index is -4.55. The molecule has 0 aliphatic carbocycles. The lowest BCUT2D eigenvalue weighted by Crippen LogP contribution is -2.48. The number of anilines is 1. The Kier molecular flexibility index (Phi) is 6.44. The van der Waals surface area contributed by atoms with Crippen LogP contribution in [0.5, 0.6) is 5.75 Å². The van der Waals surface area contributed by atoms with Crippen molar-refractivity contribution in [1.29, 1.82) is 0 Å². The fourth-order valence-electron chi connectivity index (χ4n) is 4.20. The predicted molar refractivity (Wildman–Crippen MR) is 133 cm³/mol. The van der Waals surface area contributed by atoms with E-state index >= 15 is 0 Å². The molecule has 2 aromatic carbocycles. The van der Waals surface area contributed by atoms with Gasteiger partial charge in [-0.25, -0.2) is 4.68 Å². The first-order valence-electron chi connectivity index (χ1n) is 11.3. The van der Waals surface area contributed by atoms with Gasteiger partial charge in [-0.05, 0) is 66.0 Å². The fraction of sp³-hybridized carbons (Fsp3) is 0.231. The Morgan fingerprint density at radius 2 is 1.61 bits per heavy atom. The molecule has 1 aliphatic rings. The van der Waals surface area contributed by atoms with Gasteiger partial charge in [-0.3, -0.25) is 4.79 Å². The van der Waals surface area contributed by atoms with E-state index in [0.717, 1.165) is 17.5 Å². The number of thiophene rings is 1. The summed E-state index contributed by atoms with van der Waals surface area (Å²) in [5, 5.41) is 5.61. The van der Waals surface area contributed by atoms with Gasteiger partial charge in [0.1, 0.15) is 5.75 Å². The van der Waals surface area contributed by atoms with Crippen LogP contribution in [0.1, 0.15) is 16.1 Å². The Bertz CT molecular complexity index is 1330. The number of carbonyl (C=O) groups is 1. The van der Waals surface area contributed by atoms with Gasteiger partial charge in [0.05, 0.1) is 23.4 Å². The second kappa shape index (κ2) is 9.69. The zero-order valence-corrected chi connectivity index (χ0v) is 20.2. The average molecular weight is 513 g/mol. The van der Waals surface area contributed by atoms with Crippen molar-refractivity contribution >= 4 is 22.9 Å². The van der Waals surface area contributed by atoms with E-state index in [1.807, 2.05) is 24.3 Å². The molecule has 0 bridgehead atoms. The van der Waals surface area contributed by atoms with Gasteiger partial charge in [0.2, 0.25) is 0 Å². The van der Waals surface area contributed by atoms with E-state index in [-0.39, 0.29) is 5.91 Å². The van der Waals surface area contributed by atoms with Crippen molar-refractivity contribution in [3.8, 4) is 22.0 Å². The van der Waals surface area contributed by atoms with Crippen LogP contribution in [0, 0.1) is 0 Å². The number of hydrogen-bond acceptors (Lipinski definition) is 5. The Morgan fingerprint density at radius 3 is 2.19 bits per heavy atom. The van der Waals surface area contributed by atoms with Gasteiger partial charge in [-0.1, -0.05) is 6.07 Å². The van der Waals surface area contributed by atoms with Crippen LogP contribution in [0.2, 0.25) is 0 Å². The number of carbonyl (C=O) groups excluding carboxylic acids is 1. The molecule has 10 heteroatoms. The van der Waals surface area contributed by atoms with E-state index in [4.69, 9.17) is 4.74 Å². The van der Waals surface area contributed by atoms with Crippen LogP contribution in [0.3, 0.4) is 0 Å². The summed E-state index contributed by atoms with van der Waals surface area (Å²) in [5.41, 5.74) is 1.41. The highest BCUT2D eigenvalue weighted by atomic mass is 32.1. The SMILES string of the molecule is COc1ccc(N2CCN(C(=O)c3ccc(-n4nc(C(F)(F)F)cc4-c4cccs4)cc3)CC2)cc1. The summed E-state index contributed by atoms with van der Waals surface area (Å²) in [7, 11) is 1.63. The van der Waals surface area contributed by atoms with E-state index in [2.05, 4.69) is 10.00 Å². The number of aromatic nitrogens is 2. The summed E-state index contributed by atoms with van der Waals surface area (Å²) >= 11 is 1.34. The second-order valence-electron chi connectivity index (χ2n) is 8.33. The van der Waals surface area contributed by atoms with Crippen molar-refractivity contribution in [3.63, 3.8) is 0 Å². The Balaban J connectivity index is 1.30. The van der Waals surface area contributed by atoms with Crippen molar-refractivity contribution in [2.75, 3.05) is 38.2 Å². The number of hydrogen-bond donors (Lipinski definition) is 0. The quantitative estimate of drug-likeness (QED) is 0.350. The molecule has 5 rings (SSSR count). The first-order chi connectivity index (χ1) is 17.3. The molecule has 2 aromatic heterocycles. The van der Waals surface area contributed by atoms with Gasteiger partial charge < -0.3 is 14.5 Å². The third-order valence-corrected chi connectivity index (χ3v) is 7.03. The summed E-state index contributed by atoms with van der Waals surface area (Å²) in [6.45, 7) is 2.55. The van der Waals surface area contributed by atoms with E-state index < -0.39 is 11.9 Å². The van der Waals surface area contributed by atoms with Gasteiger partial charge in [-0.2, -0.15) is 18.3 Å². The molecule has 1 aliphatic heterocycles. The smallest absolute Gasteiger partial charge is 0.435 e. The molecule has 4 aromatic rings. The third-order valence-electron chi connectivity index (χ3n) is 6.14. The number of benzene rings is 2. The summed E-state index contributed by atoms with van der Waals surface area (Å²) < 4.78 is 46.5. The van der Waals surface area contributed by atoms with Gasteiger partial charge in [-0.15, -0.1) is 11.3 Å². The Morgan fingerprint density at radius 1 is 0.944 bits per heavy atom. The Hall–Kier alpha value is -3.79. The maximum Gasteiger partial charge on any atom is 0.435 e. The third kappa shape index (κ3) is 4.81. The number of piperazine rings is 1. The van der Waals surface area contributed by atoms with E-state index in [9.17, 15) is 18.0 Å². The molecule has 0 atom stereocenters. The largest absolute Gasteiger partial charge is 0.497 e. The molecule has 1 saturated heterocycles. The fourth-order valence-corrected chi connectivity index (χ4v) is 4.93. The zero-order chi connectivity index (χ0) is 25.3. The number of rotatable bonds is 5. The van der Waals surface area contributed by atoms with Crippen LogP contribution >= 0.6 is 11.3 Å². The van der Waals surface area contributed by atoms with Crippen LogP contribution in [0.25, 0.3) is 16.3 Å². The first-order valence-corrected chi connectivity index (χ1v) is 12.2. The van der Waals surface area contributed by atoms with Gasteiger partial charge in [0.15, 0.2) is 5.69 Å². The minimum Gasteiger partial charge on any atom is -0.497 e. The number of halogens is 3. The topological polar surface area (TPSA) is 50.6 Å². The molecule has 36 heavy (non-hydrogen) atoms. The highest BCUT2D eigenvalue weighted by Crippen LogP contribution is 2.34. The molecule has 6 nitrogen and oxygen atoms in total. The highest BCUT2D eigenvalue weighted by Gasteiger charge is 2.35. The van der Waals surface area contributed by atoms with Gasteiger partial charge >= 0.3 is 6.18 Å². The Labute approximate surface area is 210 Å². The zero-order valence-electron chi connectivity index (χ0n) is 19.4. The standard InChI is InChI=1S/C26H23F3N4O2S/c1-35-21-10-8-19(9-11-21)31-12-14-32(15-13-31)25(34)18-4-6-20(7-5-18)33-22(23-3-2-16-36-23)17-24(30-33)26(27,28)29/h2-11,16-17H,12-15H2,1H3. The monoisotopic (exact) mass is 512 g/mol. The average Bonchev–Trinajstić information content (AvgIpc) is 3.59. The number of amides is 1. The van der Waals surface area contributed by atoms with Crippen molar-refractivity contribution in [1.82, 2.24) is 14.7 Å². The van der Waals surface area contributed by atoms with Crippen LogP contribution in [0.4, 0.5) is 18.9 Å². The van der Waals surface area contributed by atoms with Crippen LogP contribution in [-0.2, 0) is 6.18 Å². The summed E-state index contributed by atoms with van der Waals surface area (Å²) in [4.78, 5) is 17.8. The van der Waals surface area contributed by atoms with E-state index in [0.29, 0.717) is 48.0 Å². The molecule has 0 spiro atoms. The van der Waals surface area contributed by atoms with E-state index in [1.54, 1.807) is 53.8 Å². The van der Waals surface area contributed by atoms with Crippen LogP contribution < -0.4 is 9.64 Å². The lowest BCUT2D eigenvalue weighted by molar-refractivity contribution is -0.141. The highest BCUT2D eigenvalue weighted by molar-refractivity contribution is 7.13. The summed E-state index contributed by atoms with van der Waals surface area (Å²) in [6.07, 6.45) is -4.55. The molecule has 1 fully saturated rings. The molecule has 3 heterocycles. The number of nitrogens with zero attached hydrogens (tertiary/aromatic N) is 4. The molecule has 0 saturated carbocycles. The second-order valence-corrected chi connectivity index (χ2v) is 9.27. The lowest BCUT2D eigenvalue weighted by Gasteiger charge is -2.36. The summed E-state index contributed by atoms with van der Waals surface area (Å²) in [6, 6.07) is 18.9. The lowest BCUT2D eigenvalue weighted by atomic mass is 10.1. The maximum atomic E-state index is 13.4. The van der Waals surface area contributed by atoms with Crippen LogP contribution in [0.15, 0.2) is 72.1 Å². The minimum absolute atomic E-state index is 0.106. The van der Waals surface area contributed by atoms with Crippen molar-refractivity contribution in [2.45, 2.75) is 6.18 Å². The number of alkyl halides is 3. The van der Waals surface area contributed by atoms with Crippen molar-refractivity contribution < 1.29 is 22.7 Å². The molecule has 186 valence electrons. The van der Waals surface area contributed by atoms with Crippen molar-refractivity contribution in [2.24, 2.45) is 0 Å². The van der Waals surface area contributed by atoms with Crippen LogP contribution in [-0.4, -0.2) is 53.9 Å². The molecule has 0 unspecified atom stereocenters. The number of ether oxygens (including phenoxy) is 1. The summed E-state index contributed by atoms with van der Waals surface area (Å²) in [5.74, 6) is 0.689. The molecule has 0 N–H and O–H groups in total. The molecular formula is C26H23F3N4O2S. The molecule has 0 radical (unpaired) electrons. The van der Waals surface area contributed by atoms with E-state index in [1.165, 1.54) is 16.0 Å². The van der Waals surface area contributed by atoms with Gasteiger partial charge in [0, 0.05) is 37.4 Å².